The third-order valence-electron chi connectivity index (χ3n) is 4.56. The monoisotopic (exact) mass is 406 g/mol. The molecule has 1 N–H and O–H groups in total. The van der Waals surface area contributed by atoms with Crippen LogP contribution >= 0.6 is 0 Å². The molecule has 2 aromatic heterocycles. The molecule has 0 saturated carbocycles. The molecule has 2 heterocycles. The molecule has 7 nitrogen and oxygen atoms in total. The van der Waals surface area contributed by atoms with Crippen molar-refractivity contribution in [2.45, 2.75) is 18.7 Å². The highest BCUT2D eigenvalue weighted by molar-refractivity contribution is 7.92. The first-order valence-electron chi connectivity index (χ1n) is 8.88. The molecule has 29 heavy (non-hydrogen) atoms. The van der Waals surface area contributed by atoms with E-state index in [1.165, 1.54) is 19.1 Å². The van der Waals surface area contributed by atoms with E-state index < -0.39 is 10.0 Å². The number of Topliss-reactive ketones (excluding diaryl/α,β-unsaturated/α-hetero) is 1. The maximum absolute atomic E-state index is 12.9. The Hall–Kier alpha value is -3.52. The number of anilines is 1. The summed E-state index contributed by atoms with van der Waals surface area (Å²) in [6, 6.07) is 13.2. The number of hydrogen-bond acceptors (Lipinski definition) is 5. The fourth-order valence-electron chi connectivity index (χ4n) is 2.95. The largest absolute Gasteiger partial charge is 0.295 e. The Morgan fingerprint density at radius 1 is 1.10 bits per heavy atom. The first-order valence-corrected chi connectivity index (χ1v) is 10.4. The summed E-state index contributed by atoms with van der Waals surface area (Å²) < 4.78 is 30.2. The van der Waals surface area contributed by atoms with Gasteiger partial charge in [0.2, 0.25) is 5.78 Å². The first kappa shape index (κ1) is 18.8. The van der Waals surface area contributed by atoms with Crippen LogP contribution < -0.4 is 4.72 Å². The Bertz CT molecular complexity index is 1310. The number of carbonyl (C=O) groups is 1. The topological polar surface area (TPSA) is 93.4 Å². The highest BCUT2D eigenvalue weighted by Crippen LogP contribution is 2.27. The number of carbonyl (C=O) groups excluding carboxylic acids is 1. The summed E-state index contributed by atoms with van der Waals surface area (Å²) in [4.78, 5) is 20.3. The van der Waals surface area contributed by atoms with Gasteiger partial charge in [-0.3, -0.25) is 13.9 Å². The zero-order chi connectivity index (χ0) is 20.6. The van der Waals surface area contributed by atoms with Crippen molar-refractivity contribution < 1.29 is 13.2 Å². The summed E-state index contributed by atoms with van der Waals surface area (Å²) in [5, 5.41) is 0. The molecule has 0 saturated heterocycles. The van der Waals surface area contributed by atoms with Gasteiger partial charge in [0.15, 0.2) is 5.78 Å². The number of ketones is 1. The number of imidazole rings is 1. The summed E-state index contributed by atoms with van der Waals surface area (Å²) in [6.07, 6.45) is 5.34. The van der Waals surface area contributed by atoms with E-state index in [2.05, 4.69) is 14.7 Å². The highest BCUT2D eigenvalue weighted by Gasteiger charge is 2.17. The zero-order valence-corrected chi connectivity index (χ0v) is 16.6. The van der Waals surface area contributed by atoms with Crippen LogP contribution in [0.25, 0.3) is 17.0 Å². The fraction of sp³-hybridized carbons (Fsp3) is 0.0952. The van der Waals surface area contributed by atoms with Crippen molar-refractivity contribution in [3.8, 4) is 11.3 Å². The van der Waals surface area contributed by atoms with Crippen molar-refractivity contribution in [3.05, 3.63) is 78.2 Å². The smallest absolute Gasteiger partial charge is 0.261 e. The van der Waals surface area contributed by atoms with E-state index in [4.69, 9.17) is 0 Å². The van der Waals surface area contributed by atoms with Crippen LogP contribution in [0.2, 0.25) is 0 Å². The molecule has 8 heteroatoms. The normalized spacial score (nSPS) is 11.5. The third-order valence-corrected chi connectivity index (χ3v) is 5.93. The molecule has 146 valence electrons. The minimum atomic E-state index is -3.86. The highest BCUT2D eigenvalue weighted by atomic mass is 32.2. The third kappa shape index (κ3) is 3.74. The summed E-state index contributed by atoms with van der Waals surface area (Å²) >= 11 is 0. The summed E-state index contributed by atoms with van der Waals surface area (Å²) in [7, 11) is -3.86. The van der Waals surface area contributed by atoms with Gasteiger partial charge in [0.05, 0.1) is 16.3 Å². The first-order chi connectivity index (χ1) is 13.8. The van der Waals surface area contributed by atoms with Gasteiger partial charge in [0.1, 0.15) is 0 Å². The molecular formula is C21H18N4O3S. The lowest BCUT2D eigenvalue weighted by Crippen LogP contribution is -2.14. The molecule has 0 bridgehead atoms. The molecule has 0 atom stereocenters. The molecule has 0 amide bonds. The van der Waals surface area contributed by atoms with Crippen LogP contribution in [0.3, 0.4) is 0 Å². The van der Waals surface area contributed by atoms with Gasteiger partial charge >= 0.3 is 0 Å². The van der Waals surface area contributed by atoms with Gasteiger partial charge in [0, 0.05) is 29.7 Å². The fourth-order valence-corrected chi connectivity index (χ4v) is 4.11. The van der Waals surface area contributed by atoms with Gasteiger partial charge in [-0.2, -0.15) is 0 Å². The molecule has 0 aliphatic rings. The SMILES string of the molecule is CC(=O)c1cccc(S(=O)(=O)Nc2cc(-c3cn4cccnc4n3)ccc2C)c1. The number of aromatic nitrogens is 3. The summed E-state index contributed by atoms with van der Waals surface area (Å²) in [5.74, 6) is 0.368. The second-order valence-corrected chi connectivity index (χ2v) is 8.35. The molecule has 0 aliphatic carbocycles. The number of hydrogen-bond donors (Lipinski definition) is 1. The number of nitrogens with one attached hydrogen (secondary N) is 1. The molecule has 0 unspecified atom stereocenters. The lowest BCUT2D eigenvalue weighted by Gasteiger charge is -2.12. The molecule has 0 fully saturated rings. The van der Waals surface area contributed by atoms with E-state index in [0.29, 0.717) is 22.7 Å². The van der Waals surface area contributed by atoms with Crippen LogP contribution in [0.1, 0.15) is 22.8 Å². The minimum absolute atomic E-state index is 0.0342. The Balaban J connectivity index is 1.71. The van der Waals surface area contributed by atoms with E-state index in [1.54, 1.807) is 28.8 Å². The number of benzene rings is 2. The van der Waals surface area contributed by atoms with Gasteiger partial charge in [-0.25, -0.2) is 18.4 Å². The van der Waals surface area contributed by atoms with Crippen LogP contribution in [0.15, 0.2) is 72.0 Å². The Morgan fingerprint density at radius 3 is 2.69 bits per heavy atom. The van der Waals surface area contributed by atoms with E-state index in [0.717, 1.165) is 11.1 Å². The van der Waals surface area contributed by atoms with Gasteiger partial charge in [-0.05, 0) is 43.7 Å². The second-order valence-electron chi connectivity index (χ2n) is 6.67. The maximum Gasteiger partial charge on any atom is 0.261 e. The zero-order valence-electron chi connectivity index (χ0n) is 15.8. The van der Waals surface area contributed by atoms with Gasteiger partial charge in [0.25, 0.3) is 10.0 Å². The summed E-state index contributed by atoms with van der Waals surface area (Å²) in [5.41, 5.74) is 3.00. The number of rotatable bonds is 5. The average molecular weight is 406 g/mol. The van der Waals surface area contributed by atoms with Gasteiger partial charge in [-0.15, -0.1) is 0 Å². The molecule has 0 aliphatic heterocycles. The molecule has 4 rings (SSSR count). The number of sulfonamides is 1. The lowest BCUT2D eigenvalue weighted by atomic mass is 10.1. The second kappa shape index (κ2) is 7.14. The van der Waals surface area contributed by atoms with Crippen LogP contribution in [0.5, 0.6) is 0 Å². The van der Waals surface area contributed by atoms with E-state index in [-0.39, 0.29) is 10.7 Å². The number of nitrogens with zero attached hydrogens (tertiary/aromatic N) is 3. The van der Waals surface area contributed by atoms with E-state index >= 15 is 0 Å². The Morgan fingerprint density at radius 2 is 1.93 bits per heavy atom. The van der Waals surface area contributed by atoms with Crippen molar-refractivity contribution in [1.82, 2.24) is 14.4 Å². The van der Waals surface area contributed by atoms with Crippen molar-refractivity contribution >= 4 is 27.3 Å². The predicted octanol–water partition coefficient (Wildman–Crippen LogP) is 3.71. The van der Waals surface area contributed by atoms with Crippen molar-refractivity contribution in [2.24, 2.45) is 0 Å². The predicted molar refractivity (Wildman–Crippen MR) is 110 cm³/mol. The summed E-state index contributed by atoms with van der Waals surface area (Å²) in [6.45, 7) is 3.22. The van der Waals surface area contributed by atoms with Crippen molar-refractivity contribution in [3.63, 3.8) is 0 Å². The minimum Gasteiger partial charge on any atom is -0.295 e. The number of aryl methyl sites for hydroxylation is 1. The molecular weight excluding hydrogens is 388 g/mol. The van der Waals surface area contributed by atoms with E-state index in [1.807, 2.05) is 37.5 Å². The standard InChI is InChI=1S/C21H18N4O3S/c1-14-7-8-17(20-13-25-10-4-9-22-21(25)23-20)12-19(14)24-29(27,28)18-6-3-5-16(11-18)15(2)26/h3-13,24H,1-2H3. The molecule has 4 aromatic rings. The average Bonchev–Trinajstić information content (AvgIpc) is 3.14. The van der Waals surface area contributed by atoms with Crippen LogP contribution in [0, 0.1) is 6.92 Å². The lowest BCUT2D eigenvalue weighted by molar-refractivity contribution is 0.101. The van der Waals surface area contributed by atoms with Crippen LogP contribution in [0.4, 0.5) is 5.69 Å². The number of fused-ring (bicyclic) bond motifs is 1. The van der Waals surface area contributed by atoms with Gasteiger partial charge in [-0.1, -0.05) is 24.3 Å². The maximum atomic E-state index is 12.9. The van der Waals surface area contributed by atoms with Crippen LogP contribution in [-0.4, -0.2) is 28.6 Å². The quantitative estimate of drug-likeness (QED) is 0.510. The molecule has 0 spiro atoms. The molecule has 2 aromatic carbocycles. The van der Waals surface area contributed by atoms with Crippen molar-refractivity contribution in [2.75, 3.05) is 4.72 Å². The Labute approximate surface area is 168 Å². The Kier molecular flexibility index (Phi) is 4.63. The van der Waals surface area contributed by atoms with Crippen LogP contribution in [-0.2, 0) is 10.0 Å². The van der Waals surface area contributed by atoms with E-state index in [9.17, 15) is 13.2 Å². The van der Waals surface area contributed by atoms with Crippen molar-refractivity contribution in [1.29, 1.82) is 0 Å². The molecule has 0 radical (unpaired) electrons. The van der Waals surface area contributed by atoms with Gasteiger partial charge < -0.3 is 0 Å².